The van der Waals surface area contributed by atoms with Crippen molar-refractivity contribution in [2.75, 3.05) is 0 Å². The third kappa shape index (κ3) is 2.71. The zero-order valence-electron chi connectivity index (χ0n) is 10.8. The molecule has 0 saturated heterocycles. The SMILES string of the molecule is Cc1cccc(Sc2ccnn2-c2ccccc2Cl)n1. The second-order valence-corrected chi connectivity index (χ2v) is 5.70. The number of halogens is 1. The van der Waals surface area contributed by atoms with Crippen molar-refractivity contribution in [3.63, 3.8) is 0 Å². The number of aromatic nitrogens is 3. The molecule has 5 heteroatoms. The average Bonchev–Trinajstić information content (AvgIpc) is 2.87. The van der Waals surface area contributed by atoms with E-state index in [-0.39, 0.29) is 0 Å². The molecule has 0 fully saturated rings. The Morgan fingerprint density at radius 1 is 1.05 bits per heavy atom. The lowest BCUT2D eigenvalue weighted by Gasteiger charge is -2.08. The van der Waals surface area contributed by atoms with Gasteiger partial charge < -0.3 is 0 Å². The van der Waals surface area contributed by atoms with Gasteiger partial charge in [-0.1, -0.05) is 29.8 Å². The van der Waals surface area contributed by atoms with Crippen LogP contribution in [-0.2, 0) is 0 Å². The monoisotopic (exact) mass is 301 g/mol. The van der Waals surface area contributed by atoms with Gasteiger partial charge in [0.1, 0.15) is 10.1 Å². The normalized spacial score (nSPS) is 10.7. The van der Waals surface area contributed by atoms with Gasteiger partial charge in [0.2, 0.25) is 0 Å². The average molecular weight is 302 g/mol. The van der Waals surface area contributed by atoms with Crippen LogP contribution in [0.15, 0.2) is 64.8 Å². The summed E-state index contributed by atoms with van der Waals surface area (Å²) < 4.78 is 1.83. The van der Waals surface area contributed by atoms with E-state index in [4.69, 9.17) is 11.6 Å². The molecular weight excluding hydrogens is 290 g/mol. The lowest BCUT2D eigenvalue weighted by atomic mass is 10.3. The molecule has 0 saturated carbocycles. The maximum atomic E-state index is 6.23. The lowest BCUT2D eigenvalue weighted by molar-refractivity contribution is 0.802. The van der Waals surface area contributed by atoms with Crippen molar-refractivity contribution in [2.24, 2.45) is 0 Å². The highest BCUT2D eigenvalue weighted by molar-refractivity contribution is 7.99. The highest BCUT2D eigenvalue weighted by Crippen LogP contribution is 2.30. The first-order valence-electron chi connectivity index (χ1n) is 6.14. The maximum Gasteiger partial charge on any atom is 0.106 e. The predicted octanol–water partition coefficient (Wildman–Crippen LogP) is 4.38. The molecule has 0 N–H and O–H groups in total. The smallest absolute Gasteiger partial charge is 0.106 e. The summed E-state index contributed by atoms with van der Waals surface area (Å²) in [5.41, 5.74) is 1.87. The van der Waals surface area contributed by atoms with E-state index in [0.29, 0.717) is 5.02 Å². The second-order valence-electron chi connectivity index (χ2n) is 4.25. The van der Waals surface area contributed by atoms with E-state index in [0.717, 1.165) is 21.4 Å². The summed E-state index contributed by atoms with van der Waals surface area (Å²) in [5.74, 6) is 0. The van der Waals surface area contributed by atoms with Crippen molar-refractivity contribution in [2.45, 2.75) is 17.0 Å². The van der Waals surface area contributed by atoms with Crippen molar-refractivity contribution in [3.8, 4) is 5.69 Å². The van der Waals surface area contributed by atoms with Gasteiger partial charge in [0.05, 0.1) is 16.9 Å². The number of aryl methyl sites for hydroxylation is 1. The van der Waals surface area contributed by atoms with Crippen LogP contribution in [0, 0.1) is 6.92 Å². The quantitative estimate of drug-likeness (QED) is 0.719. The first-order chi connectivity index (χ1) is 9.74. The number of benzene rings is 1. The van der Waals surface area contributed by atoms with Crippen LogP contribution in [-0.4, -0.2) is 14.8 Å². The zero-order valence-corrected chi connectivity index (χ0v) is 12.4. The summed E-state index contributed by atoms with van der Waals surface area (Å²) in [6.45, 7) is 1.98. The summed E-state index contributed by atoms with van der Waals surface area (Å²) in [4.78, 5) is 4.49. The number of hydrogen-bond acceptors (Lipinski definition) is 3. The molecule has 20 heavy (non-hydrogen) atoms. The van der Waals surface area contributed by atoms with Gasteiger partial charge in [0.25, 0.3) is 0 Å². The fourth-order valence-electron chi connectivity index (χ4n) is 1.85. The number of nitrogens with zero attached hydrogens (tertiary/aromatic N) is 3. The molecule has 2 aromatic heterocycles. The first kappa shape index (κ1) is 13.2. The Labute approximate surface area is 126 Å². The molecule has 100 valence electrons. The topological polar surface area (TPSA) is 30.7 Å². The van der Waals surface area contributed by atoms with Crippen molar-refractivity contribution in [3.05, 3.63) is 65.4 Å². The molecule has 0 radical (unpaired) electrons. The van der Waals surface area contributed by atoms with Crippen LogP contribution in [0.4, 0.5) is 0 Å². The summed E-state index contributed by atoms with van der Waals surface area (Å²) in [7, 11) is 0. The lowest BCUT2D eigenvalue weighted by Crippen LogP contribution is -1.98. The molecule has 0 aliphatic heterocycles. The highest BCUT2D eigenvalue weighted by Gasteiger charge is 2.10. The molecule has 2 heterocycles. The van der Waals surface area contributed by atoms with Crippen LogP contribution in [0.25, 0.3) is 5.69 Å². The van der Waals surface area contributed by atoms with Gasteiger partial charge in [-0.2, -0.15) is 5.10 Å². The van der Waals surface area contributed by atoms with Crippen molar-refractivity contribution in [1.82, 2.24) is 14.8 Å². The van der Waals surface area contributed by atoms with Gasteiger partial charge in [-0.15, -0.1) is 0 Å². The van der Waals surface area contributed by atoms with E-state index >= 15 is 0 Å². The largest absolute Gasteiger partial charge is 0.246 e. The van der Waals surface area contributed by atoms with Crippen LogP contribution < -0.4 is 0 Å². The number of para-hydroxylation sites is 1. The van der Waals surface area contributed by atoms with Crippen LogP contribution in [0.3, 0.4) is 0 Å². The Morgan fingerprint density at radius 3 is 2.70 bits per heavy atom. The molecule has 0 spiro atoms. The molecule has 0 atom stereocenters. The van der Waals surface area contributed by atoms with Crippen molar-refractivity contribution >= 4 is 23.4 Å². The van der Waals surface area contributed by atoms with Crippen LogP contribution in [0.5, 0.6) is 0 Å². The molecular formula is C15H12ClN3S. The molecule has 3 nitrogen and oxygen atoms in total. The van der Waals surface area contributed by atoms with E-state index < -0.39 is 0 Å². The Bertz CT molecular complexity index is 739. The Kier molecular flexibility index (Phi) is 3.76. The van der Waals surface area contributed by atoms with E-state index in [1.54, 1.807) is 18.0 Å². The maximum absolute atomic E-state index is 6.23. The molecule has 0 amide bonds. The number of pyridine rings is 1. The molecule has 3 rings (SSSR count). The van der Waals surface area contributed by atoms with Gasteiger partial charge >= 0.3 is 0 Å². The Hall–Kier alpha value is -1.78. The van der Waals surface area contributed by atoms with Gasteiger partial charge in [-0.25, -0.2) is 9.67 Å². The summed E-state index contributed by atoms with van der Waals surface area (Å²) in [6, 6.07) is 15.6. The van der Waals surface area contributed by atoms with E-state index in [9.17, 15) is 0 Å². The highest BCUT2D eigenvalue weighted by atomic mass is 35.5. The third-order valence-electron chi connectivity index (χ3n) is 2.76. The molecule has 0 aliphatic carbocycles. The van der Waals surface area contributed by atoms with Crippen LogP contribution in [0.1, 0.15) is 5.69 Å². The molecule has 1 aromatic carbocycles. The second kappa shape index (κ2) is 5.69. The van der Waals surface area contributed by atoms with Gasteiger partial charge in [-0.05, 0) is 49.0 Å². The minimum atomic E-state index is 0.676. The molecule has 0 aliphatic rings. The minimum absolute atomic E-state index is 0.676. The fourth-order valence-corrected chi connectivity index (χ4v) is 2.98. The van der Waals surface area contributed by atoms with E-state index in [2.05, 4.69) is 10.1 Å². The Balaban J connectivity index is 1.97. The van der Waals surface area contributed by atoms with Gasteiger partial charge in [0.15, 0.2) is 0 Å². The fraction of sp³-hybridized carbons (Fsp3) is 0.0667. The van der Waals surface area contributed by atoms with Crippen LogP contribution in [0.2, 0.25) is 5.02 Å². The van der Waals surface area contributed by atoms with E-state index in [1.807, 2.05) is 60.1 Å². The zero-order chi connectivity index (χ0) is 13.9. The summed E-state index contributed by atoms with van der Waals surface area (Å²) >= 11 is 7.80. The van der Waals surface area contributed by atoms with Crippen molar-refractivity contribution in [1.29, 1.82) is 0 Å². The molecule has 3 aromatic rings. The van der Waals surface area contributed by atoms with Gasteiger partial charge in [0, 0.05) is 5.69 Å². The molecule has 0 bridgehead atoms. The van der Waals surface area contributed by atoms with Crippen molar-refractivity contribution < 1.29 is 0 Å². The minimum Gasteiger partial charge on any atom is -0.246 e. The number of rotatable bonds is 3. The third-order valence-corrected chi connectivity index (χ3v) is 4.03. The van der Waals surface area contributed by atoms with Gasteiger partial charge in [-0.3, -0.25) is 0 Å². The summed E-state index contributed by atoms with van der Waals surface area (Å²) in [5, 5.41) is 6.95. The summed E-state index contributed by atoms with van der Waals surface area (Å²) in [6.07, 6.45) is 1.77. The Morgan fingerprint density at radius 2 is 1.90 bits per heavy atom. The molecule has 0 unspecified atom stereocenters. The first-order valence-corrected chi connectivity index (χ1v) is 7.34. The standard InChI is InChI=1S/C15H12ClN3S/c1-11-5-4-8-14(18-11)20-15-9-10-17-19(15)13-7-3-2-6-12(13)16/h2-10H,1H3. The number of hydrogen-bond donors (Lipinski definition) is 0. The van der Waals surface area contributed by atoms with E-state index in [1.165, 1.54) is 0 Å². The van der Waals surface area contributed by atoms with Crippen LogP contribution >= 0.6 is 23.4 Å². The predicted molar refractivity (Wildman–Crippen MR) is 81.7 cm³/mol.